The SMILES string of the molecule is O=C(NC[C@@H]1COc2ccccc2C1)c1ccc(OCc2cn3ccccc3n2)cc1. The molecule has 5 rings (SSSR count). The Morgan fingerprint density at radius 2 is 1.94 bits per heavy atom. The number of carbonyl (C=O) groups is 1. The highest BCUT2D eigenvalue weighted by atomic mass is 16.5. The van der Waals surface area contributed by atoms with Crippen LogP contribution in [0.3, 0.4) is 0 Å². The molecule has 0 spiro atoms. The zero-order valence-corrected chi connectivity index (χ0v) is 17.0. The lowest BCUT2D eigenvalue weighted by Crippen LogP contribution is -2.34. The van der Waals surface area contributed by atoms with Crippen LogP contribution in [0.15, 0.2) is 79.1 Å². The summed E-state index contributed by atoms with van der Waals surface area (Å²) in [7, 11) is 0. The maximum Gasteiger partial charge on any atom is 0.251 e. The number of pyridine rings is 1. The second-order valence-electron chi connectivity index (χ2n) is 7.71. The Hall–Kier alpha value is -3.80. The molecule has 1 amide bonds. The minimum absolute atomic E-state index is 0.0919. The van der Waals surface area contributed by atoms with Gasteiger partial charge in [0.2, 0.25) is 0 Å². The third-order valence-corrected chi connectivity index (χ3v) is 5.42. The van der Waals surface area contributed by atoms with Crippen molar-refractivity contribution in [3.8, 4) is 11.5 Å². The smallest absolute Gasteiger partial charge is 0.251 e. The number of amides is 1. The fourth-order valence-electron chi connectivity index (χ4n) is 3.78. The number of ether oxygens (including phenoxy) is 2. The van der Waals surface area contributed by atoms with Gasteiger partial charge in [-0.15, -0.1) is 0 Å². The standard InChI is InChI=1S/C25H23N3O3/c29-25(26-14-18-13-20-5-1-2-6-23(20)31-16-18)19-8-10-22(11-9-19)30-17-21-15-28-12-4-3-7-24(28)27-21/h1-12,15,18H,13-14,16-17H2,(H,26,29)/t18-/m1/s1. The van der Waals surface area contributed by atoms with Crippen LogP contribution in [-0.2, 0) is 13.0 Å². The Kier molecular flexibility index (Phi) is 5.27. The highest BCUT2D eigenvalue weighted by Gasteiger charge is 2.20. The molecule has 156 valence electrons. The Morgan fingerprint density at radius 3 is 2.81 bits per heavy atom. The number of carbonyl (C=O) groups excluding carboxylic acids is 1. The van der Waals surface area contributed by atoms with Crippen molar-refractivity contribution in [2.45, 2.75) is 13.0 Å². The monoisotopic (exact) mass is 413 g/mol. The van der Waals surface area contributed by atoms with Gasteiger partial charge in [-0.05, 0) is 54.4 Å². The molecule has 4 aromatic rings. The molecule has 1 aliphatic rings. The van der Waals surface area contributed by atoms with Crippen molar-refractivity contribution >= 4 is 11.6 Å². The molecule has 2 aromatic carbocycles. The number of imidazole rings is 1. The summed E-state index contributed by atoms with van der Waals surface area (Å²) in [5, 5.41) is 3.02. The normalized spacial score (nSPS) is 15.2. The molecule has 3 heterocycles. The van der Waals surface area contributed by atoms with Crippen LogP contribution in [0.1, 0.15) is 21.6 Å². The number of hydrogen-bond donors (Lipinski definition) is 1. The minimum atomic E-state index is -0.0919. The van der Waals surface area contributed by atoms with Gasteiger partial charge in [-0.2, -0.15) is 0 Å². The van der Waals surface area contributed by atoms with E-state index >= 15 is 0 Å². The van der Waals surface area contributed by atoms with Crippen LogP contribution in [0, 0.1) is 5.92 Å². The lowest BCUT2D eigenvalue weighted by Gasteiger charge is -2.25. The number of aromatic nitrogens is 2. The number of rotatable bonds is 6. The Morgan fingerprint density at radius 1 is 1.10 bits per heavy atom. The van der Waals surface area contributed by atoms with Gasteiger partial charge in [-0.3, -0.25) is 4.79 Å². The molecular weight excluding hydrogens is 390 g/mol. The van der Waals surface area contributed by atoms with Gasteiger partial charge in [0.15, 0.2) is 0 Å². The van der Waals surface area contributed by atoms with Gasteiger partial charge in [-0.1, -0.05) is 24.3 Å². The van der Waals surface area contributed by atoms with Gasteiger partial charge in [0.25, 0.3) is 5.91 Å². The maximum atomic E-state index is 12.5. The second kappa shape index (κ2) is 8.52. The predicted octanol–water partition coefficient (Wildman–Crippen LogP) is 3.89. The van der Waals surface area contributed by atoms with Crippen LogP contribution < -0.4 is 14.8 Å². The summed E-state index contributed by atoms with van der Waals surface area (Å²) in [6, 6.07) is 21.1. The summed E-state index contributed by atoms with van der Waals surface area (Å²) in [5.41, 5.74) is 3.54. The molecule has 0 unspecified atom stereocenters. The molecule has 6 nitrogen and oxygen atoms in total. The number of nitrogens with zero attached hydrogens (tertiary/aromatic N) is 2. The quantitative estimate of drug-likeness (QED) is 0.521. The van der Waals surface area contributed by atoms with E-state index in [4.69, 9.17) is 9.47 Å². The first-order chi connectivity index (χ1) is 15.2. The summed E-state index contributed by atoms with van der Waals surface area (Å²) in [5.74, 6) is 1.83. The Balaban J connectivity index is 1.13. The topological polar surface area (TPSA) is 64.9 Å². The molecule has 31 heavy (non-hydrogen) atoms. The van der Waals surface area contributed by atoms with Gasteiger partial charge in [-0.25, -0.2) is 4.98 Å². The first kappa shape index (κ1) is 19.2. The summed E-state index contributed by atoms with van der Waals surface area (Å²) in [4.78, 5) is 17.0. The van der Waals surface area contributed by atoms with Crippen molar-refractivity contribution in [3.05, 3.63) is 95.9 Å². The molecule has 1 N–H and O–H groups in total. The molecule has 1 aliphatic heterocycles. The van der Waals surface area contributed by atoms with Crippen molar-refractivity contribution in [1.82, 2.24) is 14.7 Å². The van der Waals surface area contributed by atoms with E-state index in [1.807, 2.05) is 65.3 Å². The van der Waals surface area contributed by atoms with Crippen molar-refractivity contribution in [1.29, 1.82) is 0 Å². The maximum absolute atomic E-state index is 12.5. The summed E-state index contributed by atoms with van der Waals surface area (Å²) in [6.07, 6.45) is 4.81. The van der Waals surface area contributed by atoms with E-state index in [-0.39, 0.29) is 11.8 Å². The van der Waals surface area contributed by atoms with E-state index < -0.39 is 0 Å². The molecule has 0 fully saturated rings. The molecule has 0 radical (unpaired) electrons. The summed E-state index contributed by atoms with van der Waals surface area (Å²) >= 11 is 0. The lowest BCUT2D eigenvalue weighted by molar-refractivity contribution is 0.0939. The average molecular weight is 413 g/mol. The van der Waals surface area contributed by atoms with E-state index in [0.717, 1.165) is 23.5 Å². The molecular formula is C25H23N3O3. The number of para-hydroxylation sites is 1. The van der Waals surface area contributed by atoms with E-state index in [1.165, 1.54) is 5.56 Å². The molecule has 0 bridgehead atoms. The Labute approximate surface area is 180 Å². The second-order valence-corrected chi connectivity index (χ2v) is 7.71. The molecule has 2 aromatic heterocycles. The molecule has 1 atom stereocenters. The largest absolute Gasteiger partial charge is 0.493 e. The average Bonchev–Trinajstić information content (AvgIpc) is 3.24. The summed E-state index contributed by atoms with van der Waals surface area (Å²) < 4.78 is 13.6. The number of nitrogens with one attached hydrogen (secondary N) is 1. The first-order valence-electron chi connectivity index (χ1n) is 10.4. The molecule has 6 heteroatoms. The zero-order chi connectivity index (χ0) is 21.0. The van der Waals surface area contributed by atoms with E-state index in [0.29, 0.717) is 31.1 Å². The highest BCUT2D eigenvalue weighted by molar-refractivity contribution is 5.94. The minimum Gasteiger partial charge on any atom is -0.493 e. The van der Waals surface area contributed by atoms with Crippen molar-refractivity contribution in [2.24, 2.45) is 5.92 Å². The van der Waals surface area contributed by atoms with Crippen LogP contribution in [0.4, 0.5) is 0 Å². The number of hydrogen-bond acceptors (Lipinski definition) is 4. The van der Waals surface area contributed by atoms with Gasteiger partial charge < -0.3 is 19.2 Å². The van der Waals surface area contributed by atoms with E-state index in [1.54, 1.807) is 12.1 Å². The van der Waals surface area contributed by atoms with Gasteiger partial charge in [0.1, 0.15) is 23.8 Å². The van der Waals surface area contributed by atoms with Crippen LogP contribution in [-0.4, -0.2) is 28.4 Å². The third kappa shape index (κ3) is 4.38. The number of fused-ring (bicyclic) bond motifs is 2. The first-order valence-corrected chi connectivity index (χ1v) is 10.4. The molecule has 0 saturated heterocycles. The van der Waals surface area contributed by atoms with Gasteiger partial charge in [0.05, 0.1) is 12.3 Å². The van der Waals surface area contributed by atoms with Crippen LogP contribution >= 0.6 is 0 Å². The predicted molar refractivity (Wildman–Crippen MR) is 117 cm³/mol. The Bertz CT molecular complexity index is 1170. The van der Waals surface area contributed by atoms with Gasteiger partial charge >= 0.3 is 0 Å². The van der Waals surface area contributed by atoms with Crippen molar-refractivity contribution < 1.29 is 14.3 Å². The van der Waals surface area contributed by atoms with E-state index in [2.05, 4.69) is 16.4 Å². The fraction of sp³-hybridized carbons (Fsp3) is 0.200. The van der Waals surface area contributed by atoms with Crippen LogP contribution in [0.2, 0.25) is 0 Å². The van der Waals surface area contributed by atoms with Crippen molar-refractivity contribution in [3.63, 3.8) is 0 Å². The molecule has 0 aliphatic carbocycles. The highest BCUT2D eigenvalue weighted by Crippen LogP contribution is 2.26. The molecule has 0 saturated carbocycles. The lowest BCUT2D eigenvalue weighted by atomic mass is 9.96. The summed E-state index contributed by atoms with van der Waals surface area (Å²) in [6.45, 7) is 1.57. The fourth-order valence-corrected chi connectivity index (χ4v) is 3.78. The van der Waals surface area contributed by atoms with Crippen LogP contribution in [0.25, 0.3) is 5.65 Å². The number of benzene rings is 2. The zero-order valence-electron chi connectivity index (χ0n) is 17.0. The van der Waals surface area contributed by atoms with E-state index in [9.17, 15) is 4.79 Å². The third-order valence-electron chi connectivity index (χ3n) is 5.42. The van der Waals surface area contributed by atoms with Crippen molar-refractivity contribution in [2.75, 3.05) is 13.2 Å². The van der Waals surface area contributed by atoms with Gasteiger partial charge in [0, 0.05) is 30.4 Å². The van der Waals surface area contributed by atoms with Crippen LogP contribution in [0.5, 0.6) is 11.5 Å².